The highest BCUT2D eigenvalue weighted by Crippen LogP contribution is 2.09. The lowest BCUT2D eigenvalue weighted by Gasteiger charge is -2.25. The van der Waals surface area contributed by atoms with E-state index in [1.807, 2.05) is 27.7 Å². The fourth-order valence-corrected chi connectivity index (χ4v) is 2.90. The minimum atomic E-state index is -0.818. The van der Waals surface area contributed by atoms with Crippen molar-refractivity contribution >= 4 is 30.0 Å². The molecule has 0 radical (unpaired) electrons. The van der Waals surface area contributed by atoms with Gasteiger partial charge in [0.15, 0.2) is 5.96 Å². The van der Waals surface area contributed by atoms with Crippen molar-refractivity contribution in [2.45, 2.75) is 78.4 Å². The molecule has 0 aromatic carbocycles. The van der Waals surface area contributed by atoms with Gasteiger partial charge in [-0.15, -0.1) is 0 Å². The van der Waals surface area contributed by atoms with E-state index >= 15 is 0 Å². The van der Waals surface area contributed by atoms with Crippen LogP contribution in [0.1, 0.15) is 60.3 Å². The summed E-state index contributed by atoms with van der Waals surface area (Å²) in [5, 5.41) is 8.03. The van der Waals surface area contributed by atoms with E-state index in [1.54, 1.807) is 0 Å². The number of amides is 3. The van der Waals surface area contributed by atoms with Gasteiger partial charge < -0.3 is 32.2 Å². The van der Waals surface area contributed by atoms with Gasteiger partial charge >= 0.3 is 0 Å². The minimum absolute atomic E-state index is 0.0310. The molecule has 30 heavy (non-hydrogen) atoms. The average molecular weight is 427 g/mol. The molecule has 0 aliphatic heterocycles. The molecule has 10 heteroatoms. The quantitative estimate of drug-likeness (QED) is 0.112. The lowest BCUT2D eigenvalue weighted by atomic mass is 9.99. The molecular formula is C20H38N6O4. The number of hydrogen-bond acceptors (Lipinski definition) is 5. The van der Waals surface area contributed by atoms with Crippen molar-refractivity contribution in [2.75, 3.05) is 6.54 Å². The molecule has 3 amide bonds. The second-order valence-corrected chi connectivity index (χ2v) is 8.27. The maximum atomic E-state index is 12.8. The van der Waals surface area contributed by atoms with Gasteiger partial charge in [0.25, 0.3) is 0 Å². The van der Waals surface area contributed by atoms with Crippen molar-refractivity contribution in [2.24, 2.45) is 28.3 Å². The highest BCUT2D eigenvalue weighted by molar-refractivity contribution is 5.92. The number of aliphatic imine (C=N–C) groups is 1. The predicted molar refractivity (Wildman–Crippen MR) is 116 cm³/mol. The maximum Gasteiger partial charge on any atom is 0.243 e. The Kier molecular flexibility index (Phi) is 13.1. The lowest BCUT2D eigenvalue weighted by Crippen LogP contribution is -2.55. The Labute approximate surface area is 179 Å². The van der Waals surface area contributed by atoms with Crippen LogP contribution in [-0.4, -0.2) is 54.6 Å². The summed E-state index contributed by atoms with van der Waals surface area (Å²) in [5.41, 5.74) is 10.5. The topological polar surface area (TPSA) is 169 Å². The zero-order valence-corrected chi connectivity index (χ0v) is 18.7. The van der Waals surface area contributed by atoms with Crippen molar-refractivity contribution in [1.29, 1.82) is 0 Å². The Bertz CT molecular complexity index is 602. The van der Waals surface area contributed by atoms with Crippen LogP contribution >= 0.6 is 0 Å². The Morgan fingerprint density at radius 2 is 1.40 bits per heavy atom. The number of carbonyl (C=O) groups excluding carboxylic acids is 4. The summed E-state index contributed by atoms with van der Waals surface area (Å²) in [4.78, 5) is 52.1. The van der Waals surface area contributed by atoms with Crippen molar-refractivity contribution in [3.8, 4) is 0 Å². The Morgan fingerprint density at radius 3 is 1.83 bits per heavy atom. The van der Waals surface area contributed by atoms with Gasteiger partial charge in [-0.25, -0.2) is 0 Å². The van der Waals surface area contributed by atoms with E-state index in [-0.39, 0.29) is 23.7 Å². The normalized spacial score (nSPS) is 13.8. The fourth-order valence-electron chi connectivity index (χ4n) is 2.90. The first-order chi connectivity index (χ1) is 14.0. The van der Waals surface area contributed by atoms with E-state index in [0.717, 1.165) is 0 Å². The van der Waals surface area contributed by atoms with Crippen LogP contribution in [0, 0.1) is 11.8 Å². The van der Waals surface area contributed by atoms with Gasteiger partial charge in [-0.3, -0.25) is 19.4 Å². The van der Waals surface area contributed by atoms with Gasteiger partial charge in [-0.2, -0.15) is 0 Å². The molecule has 0 bridgehead atoms. The van der Waals surface area contributed by atoms with E-state index < -0.39 is 29.9 Å². The van der Waals surface area contributed by atoms with Crippen molar-refractivity contribution in [1.82, 2.24) is 16.0 Å². The fraction of sp³-hybridized carbons (Fsp3) is 0.750. The van der Waals surface area contributed by atoms with Crippen LogP contribution in [0.5, 0.6) is 0 Å². The van der Waals surface area contributed by atoms with Gasteiger partial charge in [0.2, 0.25) is 17.7 Å². The van der Waals surface area contributed by atoms with Gasteiger partial charge in [0.05, 0.1) is 6.04 Å². The summed E-state index contributed by atoms with van der Waals surface area (Å²) < 4.78 is 0. The molecule has 0 aliphatic carbocycles. The summed E-state index contributed by atoms with van der Waals surface area (Å²) in [6.45, 7) is 9.43. The smallest absolute Gasteiger partial charge is 0.243 e. The van der Waals surface area contributed by atoms with Crippen LogP contribution in [0.3, 0.4) is 0 Å². The molecule has 0 fully saturated rings. The second kappa shape index (κ2) is 14.4. The Balaban J connectivity index is 5.10. The highest BCUT2D eigenvalue weighted by Gasteiger charge is 2.28. The van der Waals surface area contributed by atoms with Crippen molar-refractivity contribution < 1.29 is 19.2 Å². The lowest BCUT2D eigenvalue weighted by molar-refractivity contribution is -0.133. The first kappa shape index (κ1) is 27.4. The first-order valence-corrected chi connectivity index (χ1v) is 10.3. The summed E-state index contributed by atoms with van der Waals surface area (Å²) in [7, 11) is 0. The largest absolute Gasteiger partial charge is 0.370 e. The molecule has 0 heterocycles. The molecule has 0 saturated carbocycles. The summed E-state index contributed by atoms with van der Waals surface area (Å²) >= 11 is 0. The van der Waals surface area contributed by atoms with Gasteiger partial charge in [0, 0.05) is 13.5 Å². The van der Waals surface area contributed by atoms with Crippen LogP contribution in [0.15, 0.2) is 4.99 Å². The number of guanidine groups is 1. The van der Waals surface area contributed by atoms with E-state index in [0.29, 0.717) is 38.5 Å². The Morgan fingerprint density at radius 1 is 0.900 bits per heavy atom. The molecular weight excluding hydrogens is 388 g/mol. The SMILES string of the molecule is CC(=O)N[C@@H](CC(C)C)C(=O)NC(CC(C)C)C(=O)N[C@H](C=O)CCCN=C(N)N. The number of carbonyl (C=O) groups is 4. The molecule has 7 N–H and O–H groups in total. The van der Waals surface area contributed by atoms with E-state index in [4.69, 9.17) is 11.5 Å². The van der Waals surface area contributed by atoms with E-state index in [2.05, 4.69) is 20.9 Å². The van der Waals surface area contributed by atoms with Crippen LogP contribution in [-0.2, 0) is 19.2 Å². The first-order valence-electron chi connectivity index (χ1n) is 10.3. The number of nitrogens with one attached hydrogen (secondary N) is 3. The van der Waals surface area contributed by atoms with Gasteiger partial charge in [-0.1, -0.05) is 27.7 Å². The summed E-state index contributed by atoms with van der Waals surface area (Å²) in [5.74, 6) is -0.909. The van der Waals surface area contributed by atoms with Crippen LogP contribution in [0.2, 0.25) is 0 Å². The number of nitrogens with two attached hydrogens (primary N) is 2. The molecule has 0 rings (SSSR count). The molecule has 1 unspecified atom stereocenters. The molecule has 0 aromatic rings. The van der Waals surface area contributed by atoms with E-state index in [9.17, 15) is 19.2 Å². The van der Waals surface area contributed by atoms with Crippen LogP contribution in [0.4, 0.5) is 0 Å². The zero-order chi connectivity index (χ0) is 23.3. The third-order valence-corrected chi connectivity index (χ3v) is 4.20. The maximum absolute atomic E-state index is 12.8. The van der Waals surface area contributed by atoms with Crippen molar-refractivity contribution in [3.63, 3.8) is 0 Å². The molecule has 172 valence electrons. The highest BCUT2D eigenvalue weighted by atomic mass is 16.2. The molecule has 0 spiro atoms. The summed E-state index contributed by atoms with van der Waals surface area (Å²) in [6, 6.07) is -2.26. The number of nitrogens with zero attached hydrogens (tertiary/aromatic N) is 1. The average Bonchev–Trinajstić information content (AvgIpc) is 2.61. The number of aldehydes is 1. The standard InChI is InChI=1S/C20H38N6O4/c1-12(2)9-16(24-14(5)28)19(30)26-17(10-13(3)4)18(29)25-15(11-27)7-6-8-23-20(21)22/h11-13,15-17H,6-10H2,1-5H3,(H,24,28)(H,25,29)(H,26,30)(H4,21,22,23)/t15-,16-,17?/m0/s1. The molecule has 3 atom stereocenters. The molecule has 0 saturated heterocycles. The predicted octanol–water partition coefficient (Wildman–Crippen LogP) is -0.195. The minimum Gasteiger partial charge on any atom is -0.370 e. The summed E-state index contributed by atoms with van der Waals surface area (Å²) in [6.07, 6.45) is 2.38. The molecule has 0 aromatic heterocycles. The van der Waals surface area contributed by atoms with Crippen LogP contribution < -0.4 is 27.4 Å². The van der Waals surface area contributed by atoms with E-state index in [1.165, 1.54) is 6.92 Å². The van der Waals surface area contributed by atoms with Gasteiger partial charge in [-0.05, 0) is 37.5 Å². The Hall–Kier alpha value is -2.65. The number of rotatable bonds is 14. The van der Waals surface area contributed by atoms with Crippen LogP contribution in [0.25, 0.3) is 0 Å². The second-order valence-electron chi connectivity index (χ2n) is 8.27. The molecule has 0 aliphatic rings. The van der Waals surface area contributed by atoms with Crippen molar-refractivity contribution in [3.05, 3.63) is 0 Å². The third-order valence-electron chi connectivity index (χ3n) is 4.20. The monoisotopic (exact) mass is 426 g/mol. The van der Waals surface area contributed by atoms with Gasteiger partial charge in [0.1, 0.15) is 18.4 Å². The third kappa shape index (κ3) is 12.7. The zero-order valence-electron chi connectivity index (χ0n) is 18.7. The number of hydrogen-bond donors (Lipinski definition) is 5. The molecule has 10 nitrogen and oxygen atoms in total.